The predicted octanol–water partition coefficient (Wildman–Crippen LogP) is 2.60. The second-order valence-corrected chi connectivity index (χ2v) is 5.45. The third-order valence-electron chi connectivity index (χ3n) is 3.29. The van der Waals surface area contributed by atoms with Gasteiger partial charge in [-0.25, -0.2) is 0 Å². The zero-order chi connectivity index (χ0) is 12.5. The summed E-state index contributed by atoms with van der Waals surface area (Å²) in [4.78, 5) is 0. The van der Waals surface area contributed by atoms with Crippen LogP contribution in [0.25, 0.3) is 0 Å². The van der Waals surface area contributed by atoms with Gasteiger partial charge in [0.25, 0.3) is 0 Å². The van der Waals surface area contributed by atoms with Crippen molar-refractivity contribution in [3.05, 3.63) is 0 Å². The maximum absolute atomic E-state index is 5.51. The number of hydrogen-bond donors (Lipinski definition) is 1. The first kappa shape index (κ1) is 14.9. The number of hydrogen-bond acceptors (Lipinski definition) is 3. The SMILES string of the molecule is CC1CCCC(NCCOCCOC(C)C)C1. The molecule has 0 aromatic rings. The van der Waals surface area contributed by atoms with Gasteiger partial charge in [0.2, 0.25) is 0 Å². The van der Waals surface area contributed by atoms with Crippen LogP contribution in [0.3, 0.4) is 0 Å². The van der Waals surface area contributed by atoms with Gasteiger partial charge in [0.1, 0.15) is 0 Å². The predicted molar refractivity (Wildman–Crippen MR) is 71.3 cm³/mol. The lowest BCUT2D eigenvalue weighted by Crippen LogP contribution is -2.35. The quantitative estimate of drug-likeness (QED) is 0.665. The van der Waals surface area contributed by atoms with E-state index in [4.69, 9.17) is 9.47 Å². The molecular formula is C14H29NO2. The van der Waals surface area contributed by atoms with Crippen LogP contribution in [-0.2, 0) is 9.47 Å². The van der Waals surface area contributed by atoms with Gasteiger partial charge in [0.15, 0.2) is 0 Å². The van der Waals surface area contributed by atoms with E-state index in [1.54, 1.807) is 0 Å². The molecule has 1 aliphatic rings. The summed E-state index contributed by atoms with van der Waals surface area (Å²) >= 11 is 0. The summed E-state index contributed by atoms with van der Waals surface area (Å²) in [5.41, 5.74) is 0. The van der Waals surface area contributed by atoms with E-state index in [-0.39, 0.29) is 0 Å². The second-order valence-electron chi connectivity index (χ2n) is 5.45. The fraction of sp³-hybridized carbons (Fsp3) is 1.00. The number of ether oxygens (including phenoxy) is 2. The first-order valence-electron chi connectivity index (χ1n) is 7.11. The molecule has 1 rings (SSSR count). The molecule has 0 spiro atoms. The average molecular weight is 243 g/mol. The molecule has 0 radical (unpaired) electrons. The van der Waals surface area contributed by atoms with Crippen LogP contribution in [0.2, 0.25) is 0 Å². The first-order valence-corrected chi connectivity index (χ1v) is 7.11. The van der Waals surface area contributed by atoms with Crippen LogP contribution in [0.4, 0.5) is 0 Å². The molecule has 0 saturated heterocycles. The Morgan fingerprint density at radius 3 is 2.71 bits per heavy atom. The van der Waals surface area contributed by atoms with Crippen molar-refractivity contribution in [1.82, 2.24) is 5.32 Å². The maximum atomic E-state index is 5.51. The van der Waals surface area contributed by atoms with Crippen molar-refractivity contribution >= 4 is 0 Å². The topological polar surface area (TPSA) is 30.5 Å². The monoisotopic (exact) mass is 243 g/mol. The van der Waals surface area contributed by atoms with E-state index < -0.39 is 0 Å². The molecule has 2 unspecified atom stereocenters. The molecule has 1 N–H and O–H groups in total. The van der Waals surface area contributed by atoms with Gasteiger partial charge in [-0.05, 0) is 32.6 Å². The van der Waals surface area contributed by atoms with Gasteiger partial charge >= 0.3 is 0 Å². The van der Waals surface area contributed by atoms with Crippen molar-refractivity contribution in [2.45, 2.75) is 58.6 Å². The van der Waals surface area contributed by atoms with Crippen LogP contribution < -0.4 is 5.32 Å². The largest absolute Gasteiger partial charge is 0.378 e. The zero-order valence-corrected chi connectivity index (χ0v) is 11.7. The fourth-order valence-electron chi connectivity index (χ4n) is 2.40. The van der Waals surface area contributed by atoms with Gasteiger partial charge in [-0.1, -0.05) is 19.8 Å². The molecule has 2 atom stereocenters. The second kappa shape index (κ2) is 8.90. The Balaban J connectivity index is 1.86. The Bertz CT molecular complexity index is 185. The van der Waals surface area contributed by atoms with Crippen LogP contribution in [0, 0.1) is 5.92 Å². The Morgan fingerprint density at radius 2 is 2.00 bits per heavy atom. The van der Waals surface area contributed by atoms with Gasteiger partial charge in [-0.3, -0.25) is 0 Å². The maximum Gasteiger partial charge on any atom is 0.0703 e. The summed E-state index contributed by atoms with van der Waals surface area (Å²) in [5.74, 6) is 0.890. The minimum absolute atomic E-state index is 0.306. The summed E-state index contributed by atoms with van der Waals surface area (Å²) < 4.78 is 10.9. The minimum Gasteiger partial charge on any atom is -0.378 e. The van der Waals surface area contributed by atoms with Crippen molar-refractivity contribution in [1.29, 1.82) is 0 Å². The molecule has 0 bridgehead atoms. The van der Waals surface area contributed by atoms with E-state index in [9.17, 15) is 0 Å². The molecule has 0 heterocycles. The van der Waals surface area contributed by atoms with Crippen LogP contribution in [0.5, 0.6) is 0 Å². The van der Waals surface area contributed by atoms with E-state index in [1.807, 2.05) is 13.8 Å². The zero-order valence-electron chi connectivity index (χ0n) is 11.7. The van der Waals surface area contributed by atoms with Crippen molar-refractivity contribution in [3.63, 3.8) is 0 Å². The molecule has 1 fully saturated rings. The molecule has 17 heavy (non-hydrogen) atoms. The summed E-state index contributed by atoms with van der Waals surface area (Å²) in [6.45, 7) is 9.63. The van der Waals surface area contributed by atoms with E-state index in [0.29, 0.717) is 25.4 Å². The third-order valence-corrected chi connectivity index (χ3v) is 3.29. The molecule has 3 heteroatoms. The Kier molecular flexibility index (Phi) is 7.82. The summed E-state index contributed by atoms with van der Waals surface area (Å²) in [7, 11) is 0. The van der Waals surface area contributed by atoms with E-state index in [2.05, 4.69) is 12.2 Å². The lowest BCUT2D eigenvalue weighted by molar-refractivity contribution is 0.0197. The van der Waals surface area contributed by atoms with Crippen molar-refractivity contribution in [2.24, 2.45) is 5.92 Å². The van der Waals surface area contributed by atoms with Crippen molar-refractivity contribution in [2.75, 3.05) is 26.4 Å². The summed E-state index contributed by atoms with van der Waals surface area (Å²) in [6.07, 6.45) is 5.75. The van der Waals surface area contributed by atoms with Crippen LogP contribution in [0.1, 0.15) is 46.5 Å². The molecule has 0 amide bonds. The Morgan fingerprint density at radius 1 is 1.18 bits per heavy atom. The van der Waals surface area contributed by atoms with Gasteiger partial charge < -0.3 is 14.8 Å². The third kappa shape index (κ3) is 7.74. The molecule has 1 aliphatic carbocycles. The van der Waals surface area contributed by atoms with Gasteiger partial charge in [-0.15, -0.1) is 0 Å². The average Bonchev–Trinajstić information content (AvgIpc) is 2.27. The summed E-state index contributed by atoms with van der Waals surface area (Å²) in [6, 6.07) is 0.717. The molecule has 0 aromatic carbocycles. The highest BCUT2D eigenvalue weighted by Crippen LogP contribution is 2.23. The highest BCUT2D eigenvalue weighted by atomic mass is 16.5. The van der Waals surface area contributed by atoms with E-state index in [1.165, 1.54) is 25.7 Å². The standard InChI is InChI=1S/C14H29NO2/c1-12(2)17-10-9-16-8-7-15-14-6-4-5-13(3)11-14/h12-15H,4-11H2,1-3H3. The van der Waals surface area contributed by atoms with Crippen molar-refractivity contribution < 1.29 is 9.47 Å². The molecular weight excluding hydrogens is 214 g/mol. The van der Waals surface area contributed by atoms with Crippen LogP contribution in [0.15, 0.2) is 0 Å². The lowest BCUT2D eigenvalue weighted by atomic mass is 9.87. The molecule has 102 valence electrons. The molecule has 0 aliphatic heterocycles. The molecule has 0 aromatic heterocycles. The Labute approximate surface area is 106 Å². The summed E-state index contributed by atoms with van der Waals surface area (Å²) in [5, 5.41) is 3.59. The number of rotatable bonds is 8. The van der Waals surface area contributed by atoms with Crippen LogP contribution >= 0.6 is 0 Å². The van der Waals surface area contributed by atoms with Gasteiger partial charge in [0.05, 0.1) is 25.9 Å². The van der Waals surface area contributed by atoms with E-state index in [0.717, 1.165) is 19.1 Å². The van der Waals surface area contributed by atoms with Gasteiger partial charge in [-0.2, -0.15) is 0 Å². The van der Waals surface area contributed by atoms with Crippen molar-refractivity contribution in [3.8, 4) is 0 Å². The Hall–Kier alpha value is -0.120. The highest BCUT2D eigenvalue weighted by molar-refractivity contribution is 4.75. The van der Waals surface area contributed by atoms with E-state index >= 15 is 0 Å². The fourth-order valence-corrected chi connectivity index (χ4v) is 2.40. The smallest absolute Gasteiger partial charge is 0.0703 e. The molecule has 1 saturated carbocycles. The number of nitrogens with one attached hydrogen (secondary N) is 1. The normalized spacial score (nSPS) is 25.4. The minimum atomic E-state index is 0.306. The lowest BCUT2D eigenvalue weighted by Gasteiger charge is -2.27. The van der Waals surface area contributed by atoms with Crippen LogP contribution in [-0.4, -0.2) is 38.5 Å². The molecule has 3 nitrogen and oxygen atoms in total. The first-order chi connectivity index (χ1) is 8.18. The highest BCUT2D eigenvalue weighted by Gasteiger charge is 2.17. The van der Waals surface area contributed by atoms with Gasteiger partial charge in [0, 0.05) is 12.6 Å².